The monoisotopic (exact) mass is 243 g/mol. The highest BCUT2D eigenvalue weighted by Gasteiger charge is 2.12. The molecule has 1 aliphatic rings. The molecule has 86 valence electrons. The largest absolute Gasteiger partial charge is 0.371 e. The van der Waals surface area contributed by atoms with Crippen LogP contribution in [0.4, 0.5) is 5.69 Å². The summed E-state index contributed by atoms with van der Waals surface area (Å²) < 4.78 is 1.12. The molecule has 3 rings (SSSR count). The van der Waals surface area contributed by atoms with E-state index in [9.17, 15) is 0 Å². The van der Waals surface area contributed by atoms with Crippen molar-refractivity contribution in [1.82, 2.24) is 4.98 Å². The van der Waals surface area contributed by atoms with Crippen molar-refractivity contribution in [2.75, 3.05) is 18.0 Å². The van der Waals surface area contributed by atoms with Gasteiger partial charge in [0.05, 0.1) is 10.2 Å². The van der Waals surface area contributed by atoms with Gasteiger partial charge in [0.2, 0.25) is 0 Å². The number of piperidine rings is 1. The lowest BCUT2D eigenvalue weighted by Crippen LogP contribution is -2.29. The Morgan fingerprint density at radius 3 is 2.82 bits per heavy atom. The molecule has 1 aliphatic heterocycles. The number of nitriles is 1. The second-order valence-electron chi connectivity index (χ2n) is 4.33. The molecule has 0 bridgehead atoms. The summed E-state index contributed by atoms with van der Waals surface area (Å²) in [6, 6.07) is 8.42. The molecule has 1 aromatic carbocycles. The zero-order valence-electron chi connectivity index (χ0n) is 9.52. The fourth-order valence-corrected chi connectivity index (χ4v) is 3.11. The number of aromatic nitrogens is 1. The molecule has 1 aromatic heterocycles. The van der Waals surface area contributed by atoms with Gasteiger partial charge in [0.25, 0.3) is 0 Å². The zero-order valence-corrected chi connectivity index (χ0v) is 10.3. The van der Waals surface area contributed by atoms with E-state index in [1.807, 2.05) is 6.07 Å². The van der Waals surface area contributed by atoms with Crippen LogP contribution in [0.3, 0.4) is 0 Å². The Bertz CT molecular complexity index is 576. The summed E-state index contributed by atoms with van der Waals surface area (Å²) in [5.74, 6) is 0. The number of anilines is 1. The second-order valence-corrected chi connectivity index (χ2v) is 5.36. The van der Waals surface area contributed by atoms with Crippen molar-refractivity contribution in [2.24, 2.45) is 0 Å². The van der Waals surface area contributed by atoms with Crippen LogP contribution >= 0.6 is 11.3 Å². The first-order valence-corrected chi connectivity index (χ1v) is 6.74. The number of benzene rings is 1. The summed E-state index contributed by atoms with van der Waals surface area (Å²) >= 11 is 1.48. The Balaban J connectivity index is 1.98. The van der Waals surface area contributed by atoms with Crippen LogP contribution in [-0.4, -0.2) is 18.1 Å². The van der Waals surface area contributed by atoms with E-state index in [1.54, 1.807) is 0 Å². The van der Waals surface area contributed by atoms with E-state index in [2.05, 4.69) is 28.1 Å². The number of hydrogen-bond acceptors (Lipinski definition) is 4. The average Bonchev–Trinajstić information content (AvgIpc) is 2.81. The smallest absolute Gasteiger partial charge is 0.195 e. The van der Waals surface area contributed by atoms with E-state index < -0.39 is 0 Å². The Morgan fingerprint density at radius 1 is 1.24 bits per heavy atom. The minimum Gasteiger partial charge on any atom is -0.371 e. The van der Waals surface area contributed by atoms with Crippen LogP contribution in [0.15, 0.2) is 18.2 Å². The van der Waals surface area contributed by atoms with Gasteiger partial charge >= 0.3 is 0 Å². The predicted octanol–water partition coefficient (Wildman–Crippen LogP) is 3.16. The molecular formula is C13H13N3S. The lowest BCUT2D eigenvalue weighted by Gasteiger charge is -2.28. The van der Waals surface area contributed by atoms with E-state index in [1.165, 1.54) is 36.3 Å². The molecule has 0 aliphatic carbocycles. The van der Waals surface area contributed by atoms with Gasteiger partial charge in [0, 0.05) is 18.8 Å². The highest BCUT2D eigenvalue weighted by molar-refractivity contribution is 7.19. The number of thiazole rings is 1. The van der Waals surface area contributed by atoms with Crippen molar-refractivity contribution in [3.63, 3.8) is 0 Å². The van der Waals surface area contributed by atoms with E-state index in [0.29, 0.717) is 5.01 Å². The van der Waals surface area contributed by atoms with Crippen LogP contribution in [0.25, 0.3) is 10.2 Å². The quantitative estimate of drug-likeness (QED) is 0.772. The molecule has 0 amide bonds. The number of fused-ring (bicyclic) bond motifs is 1. The molecule has 0 spiro atoms. The Morgan fingerprint density at radius 2 is 2.06 bits per heavy atom. The molecule has 0 radical (unpaired) electrons. The van der Waals surface area contributed by atoms with Crippen LogP contribution in [0.5, 0.6) is 0 Å². The van der Waals surface area contributed by atoms with Crippen molar-refractivity contribution < 1.29 is 0 Å². The second kappa shape index (κ2) is 4.34. The van der Waals surface area contributed by atoms with Gasteiger partial charge in [-0.2, -0.15) is 5.26 Å². The summed E-state index contributed by atoms with van der Waals surface area (Å²) in [5.41, 5.74) is 2.21. The maximum atomic E-state index is 8.84. The number of rotatable bonds is 1. The Labute approximate surface area is 104 Å². The molecule has 2 aromatic rings. The van der Waals surface area contributed by atoms with Gasteiger partial charge in [-0.1, -0.05) is 0 Å². The van der Waals surface area contributed by atoms with Crippen molar-refractivity contribution in [1.29, 1.82) is 5.26 Å². The fourth-order valence-electron chi connectivity index (χ4n) is 2.31. The summed E-state index contributed by atoms with van der Waals surface area (Å²) in [4.78, 5) is 6.68. The van der Waals surface area contributed by atoms with Crippen molar-refractivity contribution in [3.05, 3.63) is 23.2 Å². The first kappa shape index (κ1) is 10.5. The van der Waals surface area contributed by atoms with Crippen molar-refractivity contribution >= 4 is 27.2 Å². The molecule has 2 heterocycles. The van der Waals surface area contributed by atoms with Gasteiger partial charge in [0.15, 0.2) is 5.01 Å². The van der Waals surface area contributed by atoms with Gasteiger partial charge in [-0.05, 0) is 37.5 Å². The summed E-state index contributed by atoms with van der Waals surface area (Å²) in [7, 11) is 0. The van der Waals surface area contributed by atoms with E-state index in [0.717, 1.165) is 23.3 Å². The van der Waals surface area contributed by atoms with Gasteiger partial charge in [-0.15, -0.1) is 11.3 Å². The van der Waals surface area contributed by atoms with Gasteiger partial charge in [-0.3, -0.25) is 0 Å². The van der Waals surface area contributed by atoms with Crippen molar-refractivity contribution in [3.8, 4) is 6.07 Å². The molecule has 1 fully saturated rings. The fraction of sp³-hybridized carbons (Fsp3) is 0.385. The van der Waals surface area contributed by atoms with Crippen LogP contribution < -0.4 is 4.90 Å². The third-order valence-corrected chi connectivity index (χ3v) is 4.11. The third-order valence-electron chi connectivity index (χ3n) is 3.19. The van der Waals surface area contributed by atoms with Gasteiger partial charge in [-0.25, -0.2) is 4.98 Å². The van der Waals surface area contributed by atoms with Crippen molar-refractivity contribution in [2.45, 2.75) is 19.3 Å². The SMILES string of the molecule is N#Cc1nc2ccc(N3CCCCC3)cc2s1. The molecule has 0 unspecified atom stereocenters. The number of hydrogen-bond donors (Lipinski definition) is 0. The van der Waals surface area contributed by atoms with Gasteiger partial charge in [0.1, 0.15) is 6.07 Å². The first-order valence-electron chi connectivity index (χ1n) is 5.92. The van der Waals surface area contributed by atoms with Crippen LogP contribution in [0, 0.1) is 11.3 Å². The maximum absolute atomic E-state index is 8.84. The zero-order chi connectivity index (χ0) is 11.7. The highest BCUT2D eigenvalue weighted by atomic mass is 32.1. The van der Waals surface area contributed by atoms with Crippen LogP contribution in [0.2, 0.25) is 0 Å². The lowest BCUT2D eigenvalue weighted by molar-refractivity contribution is 0.578. The van der Waals surface area contributed by atoms with Crippen LogP contribution in [-0.2, 0) is 0 Å². The average molecular weight is 243 g/mol. The molecule has 17 heavy (non-hydrogen) atoms. The Hall–Kier alpha value is -1.60. The third kappa shape index (κ3) is 1.98. The topological polar surface area (TPSA) is 39.9 Å². The predicted molar refractivity (Wildman–Crippen MR) is 70.4 cm³/mol. The van der Waals surface area contributed by atoms with Crippen LogP contribution in [0.1, 0.15) is 24.3 Å². The molecule has 0 atom stereocenters. The highest BCUT2D eigenvalue weighted by Crippen LogP contribution is 2.28. The van der Waals surface area contributed by atoms with E-state index in [-0.39, 0.29) is 0 Å². The van der Waals surface area contributed by atoms with E-state index >= 15 is 0 Å². The molecule has 3 nitrogen and oxygen atoms in total. The molecule has 0 N–H and O–H groups in total. The van der Waals surface area contributed by atoms with E-state index in [4.69, 9.17) is 5.26 Å². The standard InChI is InChI=1S/C13H13N3S/c14-9-13-15-11-5-4-10(8-12(11)17-13)16-6-2-1-3-7-16/h4-5,8H,1-3,6-7H2. The molecule has 1 saturated heterocycles. The minimum absolute atomic E-state index is 0.552. The maximum Gasteiger partial charge on any atom is 0.195 e. The molecule has 4 heteroatoms. The minimum atomic E-state index is 0.552. The molecule has 0 saturated carbocycles. The summed E-state index contributed by atoms with van der Waals surface area (Å²) in [6.07, 6.45) is 3.91. The number of nitrogens with zero attached hydrogens (tertiary/aromatic N) is 3. The summed E-state index contributed by atoms with van der Waals surface area (Å²) in [6.45, 7) is 2.30. The summed E-state index contributed by atoms with van der Waals surface area (Å²) in [5, 5.41) is 9.40. The van der Waals surface area contributed by atoms with Gasteiger partial charge < -0.3 is 4.90 Å². The lowest BCUT2D eigenvalue weighted by atomic mass is 10.1. The normalized spacial score (nSPS) is 16.1. The Kier molecular flexibility index (Phi) is 2.69. The molecular weight excluding hydrogens is 230 g/mol. The first-order chi connectivity index (χ1) is 8.36.